The highest BCUT2D eigenvalue weighted by Crippen LogP contribution is 2.20. The van der Waals surface area contributed by atoms with Crippen LogP contribution in [0.4, 0.5) is 0 Å². The van der Waals surface area contributed by atoms with Crippen molar-refractivity contribution >= 4 is 11.0 Å². The molecule has 0 amide bonds. The number of hydrogen-bond acceptors (Lipinski definition) is 3. The van der Waals surface area contributed by atoms with Gasteiger partial charge in [0.25, 0.3) is 0 Å². The molecule has 1 aromatic carbocycles. The molecule has 0 saturated heterocycles. The van der Waals surface area contributed by atoms with Gasteiger partial charge in [-0.15, -0.1) is 5.10 Å². The summed E-state index contributed by atoms with van der Waals surface area (Å²) in [6.45, 7) is 9.20. The van der Waals surface area contributed by atoms with E-state index < -0.39 is 0 Å². The first kappa shape index (κ1) is 24.8. The zero-order chi connectivity index (χ0) is 21.4. The fourth-order valence-corrected chi connectivity index (χ4v) is 4.35. The number of fused-ring (bicyclic) bond motifs is 1. The van der Waals surface area contributed by atoms with Crippen LogP contribution in [0.5, 0.6) is 0 Å². The maximum Gasteiger partial charge on any atom is 0.113 e. The van der Waals surface area contributed by atoms with Crippen LogP contribution in [0.15, 0.2) is 24.3 Å². The minimum Gasteiger partial charge on any atom is -0.282 e. The molecule has 0 aliphatic rings. The monoisotopic (exact) mass is 414 g/mol. The van der Waals surface area contributed by atoms with Crippen molar-refractivity contribution in [1.29, 1.82) is 0 Å². The summed E-state index contributed by atoms with van der Waals surface area (Å²) >= 11 is 0. The highest BCUT2D eigenvalue weighted by Gasteiger charge is 2.18. The molecule has 0 bridgehead atoms. The van der Waals surface area contributed by atoms with E-state index in [9.17, 15) is 0 Å². The van der Waals surface area contributed by atoms with Gasteiger partial charge in [-0.25, -0.2) is 4.68 Å². The molecule has 0 radical (unpaired) electrons. The molecule has 170 valence electrons. The molecule has 0 N–H and O–H groups in total. The van der Waals surface area contributed by atoms with E-state index in [2.05, 4.69) is 58.9 Å². The molecule has 1 aromatic heterocycles. The van der Waals surface area contributed by atoms with Crippen LogP contribution in [0.3, 0.4) is 0 Å². The molecule has 30 heavy (non-hydrogen) atoms. The minimum atomic E-state index is 0.262. The zero-order valence-corrected chi connectivity index (χ0v) is 20.0. The van der Waals surface area contributed by atoms with Crippen LogP contribution in [-0.2, 0) is 0 Å². The molecular formula is C26H46N4. The average molecular weight is 415 g/mol. The van der Waals surface area contributed by atoms with Gasteiger partial charge in [-0.2, -0.15) is 0 Å². The van der Waals surface area contributed by atoms with E-state index in [1.54, 1.807) is 0 Å². The van der Waals surface area contributed by atoms with Crippen molar-refractivity contribution in [3.05, 3.63) is 24.3 Å². The van der Waals surface area contributed by atoms with Gasteiger partial charge in [-0.05, 0) is 31.9 Å². The molecule has 4 nitrogen and oxygen atoms in total. The zero-order valence-electron chi connectivity index (χ0n) is 20.0. The standard InChI is InChI=1S/C26H46N4/c1-4-6-8-10-12-14-18-22-29(23-19-15-13-11-9-7-5-2)24(3)30-26-21-17-16-20-25(26)27-28-30/h16-17,20-21,24H,4-15,18-19,22-23H2,1-3H3. The summed E-state index contributed by atoms with van der Waals surface area (Å²) in [5.74, 6) is 0. The molecule has 1 heterocycles. The van der Waals surface area contributed by atoms with Crippen molar-refractivity contribution in [3.8, 4) is 0 Å². The molecule has 0 aliphatic carbocycles. The van der Waals surface area contributed by atoms with E-state index >= 15 is 0 Å². The van der Waals surface area contributed by atoms with Crippen LogP contribution in [0, 0.1) is 0 Å². The molecule has 2 aromatic rings. The third kappa shape index (κ3) is 8.75. The second-order valence-electron chi connectivity index (χ2n) is 8.93. The minimum absolute atomic E-state index is 0.262. The molecule has 0 spiro atoms. The SMILES string of the molecule is CCCCCCCCCN(CCCCCCCCC)C(C)n1nnc2ccccc21. The average Bonchev–Trinajstić information content (AvgIpc) is 3.20. The van der Waals surface area contributed by atoms with Crippen LogP contribution in [0.2, 0.25) is 0 Å². The number of hydrogen-bond donors (Lipinski definition) is 0. The third-order valence-electron chi connectivity index (χ3n) is 6.36. The highest BCUT2D eigenvalue weighted by atomic mass is 15.5. The number of unbranched alkanes of at least 4 members (excludes halogenated alkanes) is 12. The summed E-state index contributed by atoms with van der Waals surface area (Å²) in [4.78, 5) is 2.64. The first-order valence-corrected chi connectivity index (χ1v) is 12.8. The Morgan fingerprint density at radius 3 is 1.80 bits per heavy atom. The first-order valence-electron chi connectivity index (χ1n) is 12.8. The Kier molecular flexibility index (Phi) is 12.7. The Morgan fingerprint density at radius 2 is 1.23 bits per heavy atom. The van der Waals surface area contributed by atoms with Gasteiger partial charge < -0.3 is 0 Å². The van der Waals surface area contributed by atoms with Gasteiger partial charge in [-0.1, -0.05) is 108 Å². The van der Waals surface area contributed by atoms with E-state index in [1.165, 1.54) is 103 Å². The van der Waals surface area contributed by atoms with Crippen molar-refractivity contribution in [2.75, 3.05) is 13.1 Å². The number of benzene rings is 1. The van der Waals surface area contributed by atoms with Gasteiger partial charge >= 0.3 is 0 Å². The number of aromatic nitrogens is 3. The second kappa shape index (κ2) is 15.4. The van der Waals surface area contributed by atoms with Crippen LogP contribution in [0.1, 0.15) is 117 Å². The summed E-state index contributed by atoms with van der Waals surface area (Å²) in [6, 6.07) is 8.33. The number of nitrogens with zero attached hydrogens (tertiary/aromatic N) is 4. The van der Waals surface area contributed by atoms with Crippen LogP contribution >= 0.6 is 0 Å². The summed E-state index contributed by atoms with van der Waals surface area (Å²) in [5, 5.41) is 8.88. The molecular weight excluding hydrogens is 368 g/mol. The van der Waals surface area contributed by atoms with Crippen molar-refractivity contribution in [2.24, 2.45) is 0 Å². The van der Waals surface area contributed by atoms with E-state index in [-0.39, 0.29) is 6.17 Å². The van der Waals surface area contributed by atoms with Gasteiger partial charge in [0, 0.05) is 13.1 Å². The summed E-state index contributed by atoms with van der Waals surface area (Å²) in [7, 11) is 0. The maximum atomic E-state index is 4.50. The largest absolute Gasteiger partial charge is 0.282 e. The fourth-order valence-electron chi connectivity index (χ4n) is 4.35. The van der Waals surface area contributed by atoms with Gasteiger partial charge in [-0.3, -0.25) is 4.90 Å². The van der Waals surface area contributed by atoms with Crippen molar-refractivity contribution in [3.63, 3.8) is 0 Å². The molecule has 0 fully saturated rings. The van der Waals surface area contributed by atoms with Gasteiger partial charge in [0.2, 0.25) is 0 Å². The molecule has 2 rings (SSSR count). The Balaban J connectivity index is 1.84. The first-order chi connectivity index (χ1) is 14.8. The lowest BCUT2D eigenvalue weighted by Crippen LogP contribution is -2.33. The van der Waals surface area contributed by atoms with Gasteiger partial charge in [0.1, 0.15) is 11.7 Å². The lowest BCUT2D eigenvalue weighted by molar-refractivity contribution is 0.138. The lowest BCUT2D eigenvalue weighted by Gasteiger charge is -2.29. The van der Waals surface area contributed by atoms with Gasteiger partial charge in [0.15, 0.2) is 0 Å². The Labute approximate surface area is 185 Å². The van der Waals surface area contributed by atoms with Crippen LogP contribution in [0.25, 0.3) is 11.0 Å². The molecule has 1 atom stereocenters. The third-order valence-corrected chi connectivity index (χ3v) is 6.36. The van der Waals surface area contributed by atoms with E-state index in [4.69, 9.17) is 0 Å². The quantitative estimate of drug-likeness (QED) is 0.234. The molecule has 1 unspecified atom stereocenters. The lowest BCUT2D eigenvalue weighted by atomic mass is 10.1. The van der Waals surface area contributed by atoms with Crippen molar-refractivity contribution in [2.45, 2.75) is 117 Å². The smallest absolute Gasteiger partial charge is 0.113 e. The van der Waals surface area contributed by atoms with E-state index in [1.807, 2.05) is 6.07 Å². The second-order valence-corrected chi connectivity index (χ2v) is 8.93. The van der Waals surface area contributed by atoms with Crippen LogP contribution < -0.4 is 0 Å². The van der Waals surface area contributed by atoms with Crippen molar-refractivity contribution in [1.82, 2.24) is 19.9 Å². The summed E-state index contributed by atoms with van der Waals surface area (Å²) in [5.41, 5.74) is 2.14. The highest BCUT2D eigenvalue weighted by molar-refractivity contribution is 5.73. The summed E-state index contributed by atoms with van der Waals surface area (Å²) < 4.78 is 2.12. The molecule has 4 heteroatoms. The van der Waals surface area contributed by atoms with Gasteiger partial charge in [0.05, 0.1) is 5.52 Å². The molecule has 0 saturated carbocycles. The van der Waals surface area contributed by atoms with E-state index in [0.29, 0.717) is 0 Å². The molecule has 0 aliphatic heterocycles. The predicted octanol–water partition coefficient (Wildman–Crippen LogP) is 7.75. The predicted molar refractivity (Wildman–Crippen MR) is 130 cm³/mol. The van der Waals surface area contributed by atoms with Crippen molar-refractivity contribution < 1.29 is 0 Å². The number of para-hydroxylation sites is 1. The Bertz CT molecular complexity index is 648. The Morgan fingerprint density at radius 1 is 0.733 bits per heavy atom. The Hall–Kier alpha value is -1.42. The van der Waals surface area contributed by atoms with Crippen LogP contribution in [-0.4, -0.2) is 33.0 Å². The topological polar surface area (TPSA) is 34.0 Å². The maximum absolute atomic E-state index is 4.50. The normalized spacial score (nSPS) is 12.8. The number of rotatable bonds is 18. The summed E-state index contributed by atoms with van der Waals surface area (Å²) in [6.07, 6.45) is 19.3. The fraction of sp³-hybridized carbons (Fsp3) is 0.769. The van der Waals surface area contributed by atoms with E-state index in [0.717, 1.165) is 11.0 Å².